The molecular formula is C45H66O5. The molecule has 4 aromatic carbocycles. The van der Waals surface area contributed by atoms with E-state index in [2.05, 4.69) is 71.9 Å². The van der Waals surface area contributed by atoms with Gasteiger partial charge in [0.25, 0.3) is 0 Å². The summed E-state index contributed by atoms with van der Waals surface area (Å²) in [5.74, 6) is 4.22. The lowest BCUT2D eigenvalue weighted by atomic mass is 9.89. The van der Waals surface area contributed by atoms with Crippen LogP contribution in [-0.4, -0.2) is 33.5 Å². The molecule has 0 N–H and O–H groups in total. The largest absolute Gasteiger partial charge is 0.496 e. The average Bonchev–Trinajstić information content (AvgIpc) is 3.11. The van der Waals surface area contributed by atoms with E-state index in [9.17, 15) is 0 Å². The molecule has 0 atom stereocenters. The zero-order valence-electron chi connectivity index (χ0n) is 32.6. The Labute approximate surface area is 303 Å². The highest BCUT2D eigenvalue weighted by molar-refractivity contribution is 6.27. The minimum Gasteiger partial charge on any atom is -0.496 e. The Balaban J connectivity index is 1.92. The van der Waals surface area contributed by atoms with Crippen molar-refractivity contribution in [2.24, 2.45) is 0 Å². The number of aryl methyl sites for hydroxylation is 2. The molecule has 0 aromatic heterocycles. The van der Waals surface area contributed by atoms with Gasteiger partial charge in [-0.2, -0.15) is 0 Å². The fourth-order valence-corrected chi connectivity index (χ4v) is 7.13. The average molecular weight is 687 g/mol. The van der Waals surface area contributed by atoms with Crippen molar-refractivity contribution in [3.63, 3.8) is 0 Å². The molecule has 276 valence electrons. The number of methoxy groups -OCH3 is 1. The summed E-state index contributed by atoms with van der Waals surface area (Å²) in [6, 6.07) is 11.2. The normalized spacial score (nSPS) is 11.5. The van der Waals surface area contributed by atoms with E-state index in [0.717, 1.165) is 87.1 Å². The predicted molar refractivity (Wildman–Crippen MR) is 214 cm³/mol. The molecule has 0 aliphatic carbocycles. The Bertz CT molecular complexity index is 1620. The molecule has 0 saturated carbocycles. The van der Waals surface area contributed by atoms with Crippen LogP contribution < -0.4 is 23.7 Å². The lowest BCUT2D eigenvalue weighted by Gasteiger charge is -2.21. The summed E-state index contributed by atoms with van der Waals surface area (Å²) in [7, 11) is 1.77. The van der Waals surface area contributed by atoms with Crippen molar-refractivity contribution in [1.82, 2.24) is 0 Å². The zero-order valence-corrected chi connectivity index (χ0v) is 32.6. The Kier molecular flexibility index (Phi) is 16.7. The van der Waals surface area contributed by atoms with E-state index in [0.29, 0.717) is 26.4 Å². The fourth-order valence-electron chi connectivity index (χ4n) is 7.13. The number of rotatable bonds is 25. The first-order chi connectivity index (χ1) is 24.5. The monoisotopic (exact) mass is 686 g/mol. The molecule has 0 heterocycles. The van der Waals surface area contributed by atoms with Gasteiger partial charge in [0.05, 0.1) is 33.5 Å². The molecule has 0 aliphatic heterocycles. The minimum atomic E-state index is 0.678. The van der Waals surface area contributed by atoms with E-state index in [-0.39, 0.29) is 0 Å². The van der Waals surface area contributed by atoms with Gasteiger partial charge in [-0.15, -0.1) is 0 Å². The number of hydrogen-bond acceptors (Lipinski definition) is 5. The predicted octanol–water partition coefficient (Wildman–Crippen LogP) is 13.6. The van der Waals surface area contributed by atoms with Crippen LogP contribution in [0.4, 0.5) is 0 Å². The molecule has 0 bridgehead atoms. The maximum Gasteiger partial charge on any atom is 0.161 e. The SMILES string of the molecule is CCCCCCOc1cc2c(cc1OCCCCCC)c1cc(C)c(OC)c(C)c1c1cc(OCCCCCC)c(OCCCCCC)cc21. The van der Waals surface area contributed by atoms with Gasteiger partial charge in [0.2, 0.25) is 0 Å². The van der Waals surface area contributed by atoms with Gasteiger partial charge in [0, 0.05) is 0 Å². The van der Waals surface area contributed by atoms with Crippen LogP contribution in [0.15, 0.2) is 30.3 Å². The van der Waals surface area contributed by atoms with E-state index in [1.807, 2.05) is 0 Å². The van der Waals surface area contributed by atoms with Crippen LogP contribution in [0.1, 0.15) is 142 Å². The maximum atomic E-state index is 6.56. The van der Waals surface area contributed by atoms with E-state index in [1.165, 1.54) is 87.8 Å². The van der Waals surface area contributed by atoms with Crippen LogP contribution >= 0.6 is 0 Å². The molecule has 4 rings (SSSR count). The van der Waals surface area contributed by atoms with Gasteiger partial charge in [-0.1, -0.05) is 105 Å². The van der Waals surface area contributed by atoms with Gasteiger partial charge in [0.15, 0.2) is 23.0 Å². The van der Waals surface area contributed by atoms with E-state index >= 15 is 0 Å². The molecule has 0 unspecified atom stereocenters. The highest BCUT2D eigenvalue weighted by Crippen LogP contribution is 2.47. The maximum absolute atomic E-state index is 6.56. The molecule has 0 radical (unpaired) electrons. The van der Waals surface area contributed by atoms with Gasteiger partial charge in [-0.3, -0.25) is 0 Å². The third-order valence-corrected chi connectivity index (χ3v) is 9.95. The second-order valence-corrected chi connectivity index (χ2v) is 14.1. The zero-order chi connectivity index (χ0) is 35.7. The number of hydrogen-bond donors (Lipinski definition) is 0. The summed E-state index contributed by atoms with van der Waals surface area (Å²) >= 11 is 0. The number of unbranched alkanes of at least 4 members (excludes halogenated alkanes) is 12. The van der Waals surface area contributed by atoms with Crippen molar-refractivity contribution in [1.29, 1.82) is 0 Å². The Morgan fingerprint density at radius 2 is 0.720 bits per heavy atom. The summed E-state index contributed by atoms with van der Waals surface area (Å²) < 4.78 is 32.2. The molecule has 0 fully saturated rings. The molecule has 5 nitrogen and oxygen atoms in total. The van der Waals surface area contributed by atoms with Crippen LogP contribution in [0.3, 0.4) is 0 Å². The van der Waals surface area contributed by atoms with Crippen LogP contribution in [0.2, 0.25) is 0 Å². The van der Waals surface area contributed by atoms with Gasteiger partial charge in [-0.05, 0) is 113 Å². The number of benzene rings is 4. The van der Waals surface area contributed by atoms with E-state index in [4.69, 9.17) is 23.7 Å². The van der Waals surface area contributed by atoms with Crippen molar-refractivity contribution >= 4 is 32.3 Å². The third kappa shape index (κ3) is 10.4. The minimum absolute atomic E-state index is 0.678. The van der Waals surface area contributed by atoms with Gasteiger partial charge < -0.3 is 23.7 Å². The molecule has 0 amide bonds. The fraction of sp³-hybridized carbons (Fsp3) is 0.600. The first-order valence-electron chi connectivity index (χ1n) is 20.0. The second kappa shape index (κ2) is 21.1. The molecule has 0 aliphatic rings. The molecule has 0 saturated heterocycles. The molecule has 4 aromatic rings. The number of fused-ring (bicyclic) bond motifs is 6. The van der Waals surface area contributed by atoms with Crippen LogP contribution in [0.5, 0.6) is 28.7 Å². The van der Waals surface area contributed by atoms with E-state index < -0.39 is 0 Å². The Morgan fingerprint density at radius 3 is 1.06 bits per heavy atom. The number of ether oxygens (including phenoxy) is 5. The van der Waals surface area contributed by atoms with Crippen LogP contribution in [-0.2, 0) is 0 Å². The molecule has 5 heteroatoms. The lowest BCUT2D eigenvalue weighted by molar-refractivity contribution is 0.259. The summed E-state index contributed by atoms with van der Waals surface area (Å²) in [6.07, 6.45) is 18.6. The summed E-state index contributed by atoms with van der Waals surface area (Å²) in [4.78, 5) is 0. The Morgan fingerprint density at radius 1 is 0.400 bits per heavy atom. The second-order valence-electron chi connectivity index (χ2n) is 14.1. The molecule has 0 spiro atoms. The van der Waals surface area contributed by atoms with Gasteiger partial charge >= 0.3 is 0 Å². The van der Waals surface area contributed by atoms with Crippen molar-refractivity contribution in [3.05, 3.63) is 41.5 Å². The summed E-state index contributed by atoms with van der Waals surface area (Å²) in [5, 5.41) is 6.95. The topological polar surface area (TPSA) is 46.2 Å². The Hall–Kier alpha value is -3.34. The van der Waals surface area contributed by atoms with Gasteiger partial charge in [-0.25, -0.2) is 0 Å². The van der Waals surface area contributed by atoms with Crippen molar-refractivity contribution < 1.29 is 23.7 Å². The van der Waals surface area contributed by atoms with E-state index in [1.54, 1.807) is 7.11 Å². The lowest BCUT2D eigenvalue weighted by Crippen LogP contribution is -2.04. The first kappa shape index (κ1) is 39.4. The van der Waals surface area contributed by atoms with Crippen LogP contribution in [0, 0.1) is 13.8 Å². The third-order valence-electron chi connectivity index (χ3n) is 9.95. The summed E-state index contributed by atoms with van der Waals surface area (Å²) in [6.45, 7) is 16.0. The van der Waals surface area contributed by atoms with Crippen molar-refractivity contribution in [2.75, 3.05) is 33.5 Å². The quantitative estimate of drug-likeness (QED) is 0.0513. The van der Waals surface area contributed by atoms with Gasteiger partial charge in [0.1, 0.15) is 5.75 Å². The standard InChI is InChI=1S/C45H66O5/c1-8-12-16-20-24-47-40-29-35-36(30-41(40)48-25-21-17-13-9-2)38-28-33(5)45(46-7)34(6)44(38)39-32-43(50-27-23-19-15-11-4)42(31-37(35)39)49-26-22-18-14-10-3/h28-32H,8-27H2,1-7H3. The van der Waals surface area contributed by atoms with Crippen molar-refractivity contribution in [3.8, 4) is 28.7 Å². The highest BCUT2D eigenvalue weighted by Gasteiger charge is 2.21. The van der Waals surface area contributed by atoms with Crippen molar-refractivity contribution in [2.45, 2.75) is 144 Å². The summed E-state index contributed by atoms with van der Waals surface area (Å²) in [5.41, 5.74) is 2.26. The highest BCUT2D eigenvalue weighted by atomic mass is 16.5. The smallest absolute Gasteiger partial charge is 0.161 e. The molecular weight excluding hydrogens is 620 g/mol. The first-order valence-corrected chi connectivity index (χ1v) is 20.0. The molecule has 50 heavy (non-hydrogen) atoms. The van der Waals surface area contributed by atoms with Crippen LogP contribution in [0.25, 0.3) is 32.3 Å².